The number of hydrogen-bond acceptors (Lipinski definition) is 4. The third-order valence-corrected chi connectivity index (χ3v) is 3.17. The maximum Gasteiger partial charge on any atom is 0.273 e. The number of nitrogens with zero attached hydrogens (tertiary/aromatic N) is 1. The highest BCUT2D eigenvalue weighted by molar-refractivity contribution is 6.45. The highest BCUT2D eigenvalue weighted by Crippen LogP contribution is 2.20. The predicted octanol–water partition coefficient (Wildman–Crippen LogP) is 2.64. The van der Waals surface area contributed by atoms with Crippen molar-refractivity contribution in [1.82, 2.24) is 5.32 Å². The monoisotopic (exact) mass is 334 g/mol. The molecule has 0 heterocycles. The van der Waals surface area contributed by atoms with E-state index >= 15 is 0 Å². The smallest absolute Gasteiger partial charge is 0.273 e. The summed E-state index contributed by atoms with van der Waals surface area (Å²) in [5, 5.41) is 6.21. The van der Waals surface area contributed by atoms with Crippen molar-refractivity contribution in [3.8, 4) is 5.75 Å². The first-order chi connectivity index (χ1) is 11.6. The van der Waals surface area contributed by atoms with Crippen molar-refractivity contribution >= 4 is 11.6 Å². The summed E-state index contributed by atoms with van der Waals surface area (Å²) in [6.45, 7) is -0.0293. The number of oxime groups is 1. The van der Waals surface area contributed by atoms with Crippen LogP contribution in [0.15, 0.2) is 47.6 Å². The molecule has 0 aromatic heterocycles. The summed E-state index contributed by atoms with van der Waals surface area (Å²) in [7, 11) is 2.80. The zero-order valence-electron chi connectivity index (χ0n) is 13.2. The van der Waals surface area contributed by atoms with Crippen LogP contribution in [-0.4, -0.2) is 25.8 Å². The standard InChI is InChI=1S/C17H16F2N2O3/c1-20-17(22)16(21-23-2)13-6-4-3-5-11(13)10-24-15-8-7-12(18)9-14(15)19/h3-9H,10H2,1-2H3,(H,20,22)/b21-16-. The van der Waals surface area contributed by atoms with E-state index in [9.17, 15) is 13.6 Å². The number of likely N-dealkylation sites (N-methyl/N-ethyl adjacent to an activating group) is 1. The van der Waals surface area contributed by atoms with E-state index in [-0.39, 0.29) is 18.1 Å². The van der Waals surface area contributed by atoms with Gasteiger partial charge in [-0.25, -0.2) is 8.78 Å². The fourth-order valence-electron chi connectivity index (χ4n) is 2.05. The van der Waals surface area contributed by atoms with Crippen molar-refractivity contribution in [3.05, 3.63) is 65.2 Å². The minimum absolute atomic E-state index is 0.0293. The average molecular weight is 334 g/mol. The van der Waals surface area contributed by atoms with Gasteiger partial charge in [0.25, 0.3) is 5.91 Å². The van der Waals surface area contributed by atoms with Gasteiger partial charge in [0.2, 0.25) is 0 Å². The van der Waals surface area contributed by atoms with Crippen molar-refractivity contribution in [2.24, 2.45) is 5.16 Å². The summed E-state index contributed by atoms with van der Waals surface area (Å²) in [5.41, 5.74) is 1.15. The van der Waals surface area contributed by atoms with Crippen LogP contribution in [0.4, 0.5) is 8.78 Å². The van der Waals surface area contributed by atoms with Crippen LogP contribution in [-0.2, 0) is 16.2 Å². The number of ether oxygens (including phenoxy) is 1. The maximum absolute atomic E-state index is 13.6. The molecule has 0 fully saturated rings. The van der Waals surface area contributed by atoms with Crippen molar-refractivity contribution in [1.29, 1.82) is 0 Å². The van der Waals surface area contributed by atoms with Gasteiger partial charge in [-0.15, -0.1) is 0 Å². The molecule has 1 amide bonds. The molecule has 0 saturated heterocycles. The van der Waals surface area contributed by atoms with E-state index in [2.05, 4.69) is 10.5 Å². The van der Waals surface area contributed by atoms with Crippen molar-refractivity contribution in [2.45, 2.75) is 6.61 Å². The van der Waals surface area contributed by atoms with Gasteiger partial charge in [-0.2, -0.15) is 0 Å². The highest BCUT2D eigenvalue weighted by Gasteiger charge is 2.17. The molecule has 0 bridgehead atoms. The lowest BCUT2D eigenvalue weighted by Gasteiger charge is -2.12. The molecule has 0 aliphatic rings. The largest absolute Gasteiger partial charge is 0.486 e. The molecule has 0 spiro atoms. The van der Waals surface area contributed by atoms with Crippen LogP contribution in [0.3, 0.4) is 0 Å². The Morgan fingerprint density at radius 1 is 1.21 bits per heavy atom. The molecule has 0 atom stereocenters. The number of rotatable bonds is 6. The van der Waals surface area contributed by atoms with Crippen molar-refractivity contribution in [3.63, 3.8) is 0 Å². The van der Waals surface area contributed by atoms with Crippen molar-refractivity contribution in [2.75, 3.05) is 14.2 Å². The second-order valence-corrected chi connectivity index (χ2v) is 4.72. The summed E-state index contributed by atoms with van der Waals surface area (Å²) in [4.78, 5) is 16.7. The van der Waals surface area contributed by atoms with Crippen LogP contribution in [0.25, 0.3) is 0 Å². The Labute approximate surface area is 137 Å². The van der Waals surface area contributed by atoms with E-state index < -0.39 is 17.5 Å². The van der Waals surface area contributed by atoms with Gasteiger partial charge in [0.1, 0.15) is 19.5 Å². The molecule has 2 rings (SSSR count). The fraction of sp³-hybridized carbons (Fsp3) is 0.176. The summed E-state index contributed by atoms with van der Waals surface area (Å²) in [6.07, 6.45) is 0. The van der Waals surface area contributed by atoms with Crippen LogP contribution in [0.5, 0.6) is 5.75 Å². The van der Waals surface area contributed by atoms with Gasteiger partial charge in [-0.05, 0) is 17.7 Å². The summed E-state index contributed by atoms with van der Waals surface area (Å²) >= 11 is 0. The molecular weight excluding hydrogens is 318 g/mol. The summed E-state index contributed by atoms with van der Waals surface area (Å²) < 4.78 is 32.0. The SMILES string of the molecule is CNC(=O)/C(=N\OC)c1ccccc1COc1ccc(F)cc1F. The molecule has 7 heteroatoms. The molecule has 0 aliphatic heterocycles. The minimum Gasteiger partial charge on any atom is -0.486 e. The molecular formula is C17H16F2N2O3. The average Bonchev–Trinajstić information content (AvgIpc) is 2.59. The molecule has 0 saturated carbocycles. The molecule has 126 valence electrons. The summed E-state index contributed by atoms with van der Waals surface area (Å²) in [5.74, 6) is -2.01. The molecule has 1 N–H and O–H groups in total. The normalized spacial score (nSPS) is 11.1. The molecule has 0 radical (unpaired) electrons. The Hall–Kier alpha value is -2.96. The second-order valence-electron chi connectivity index (χ2n) is 4.72. The van der Waals surface area contributed by atoms with Crippen LogP contribution in [0.1, 0.15) is 11.1 Å². The first-order valence-corrected chi connectivity index (χ1v) is 7.06. The lowest BCUT2D eigenvalue weighted by molar-refractivity contribution is -0.114. The Morgan fingerprint density at radius 2 is 1.96 bits per heavy atom. The Balaban J connectivity index is 2.28. The first-order valence-electron chi connectivity index (χ1n) is 7.06. The Bertz CT molecular complexity index is 763. The fourth-order valence-corrected chi connectivity index (χ4v) is 2.05. The van der Waals surface area contributed by atoms with Gasteiger partial charge in [0.15, 0.2) is 17.3 Å². The summed E-state index contributed by atoms with van der Waals surface area (Å²) in [6, 6.07) is 9.91. The van der Waals surface area contributed by atoms with Gasteiger partial charge >= 0.3 is 0 Å². The quantitative estimate of drug-likeness (QED) is 0.653. The zero-order chi connectivity index (χ0) is 17.5. The topological polar surface area (TPSA) is 59.9 Å². The highest BCUT2D eigenvalue weighted by atomic mass is 19.1. The number of carbonyl (C=O) groups excluding carboxylic acids is 1. The third-order valence-electron chi connectivity index (χ3n) is 3.17. The van der Waals surface area contributed by atoms with Crippen molar-refractivity contribution < 1.29 is 23.1 Å². The third kappa shape index (κ3) is 4.07. The minimum atomic E-state index is -0.801. The van der Waals surface area contributed by atoms with Gasteiger partial charge < -0.3 is 14.9 Å². The number of amides is 1. The first kappa shape index (κ1) is 17.4. The lowest BCUT2D eigenvalue weighted by atomic mass is 10.0. The van der Waals surface area contributed by atoms with Gasteiger partial charge in [0.05, 0.1) is 0 Å². The Morgan fingerprint density at radius 3 is 2.62 bits per heavy atom. The van der Waals surface area contributed by atoms with Crippen LogP contribution >= 0.6 is 0 Å². The van der Waals surface area contributed by atoms with Gasteiger partial charge in [-0.1, -0.05) is 29.4 Å². The molecule has 5 nitrogen and oxygen atoms in total. The van der Waals surface area contributed by atoms with Crippen LogP contribution in [0.2, 0.25) is 0 Å². The zero-order valence-corrected chi connectivity index (χ0v) is 13.2. The molecule has 2 aromatic rings. The number of halogens is 2. The predicted molar refractivity (Wildman–Crippen MR) is 84.7 cm³/mol. The molecule has 0 aliphatic carbocycles. The van der Waals surface area contributed by atoms with Gasteiger partial charge in [0, 0.05) is 18.7 Å². The van der Waals surface area contributed by atoms with Crippen LogP contribution in [0, 0.1) is 11.6 Å². The number of carbonyl (C=O) groups is 1. The van der Waals surface area contributed by atoms with Gasteiger partial charge in [-0.3, -0.25) is 4.79 Å². The molecule has 2 aromatic carbocycles. The van der Waals surface area contributed by atoms with E-state index in [1.54, 1.807) is 24.3 Å². The number of hydrogen-bond donors (Lipinski definition) is 1. The molecule has 0 unspecified atom stereocenters. The van der Waals surface area contributed by atoms with E-state index in [0.29, 0.717) is 11.1 Å². The van der Waals surface area contributed by atoms with Crippen LogP contribution < -0.4 is 10.1 Å². The Kier molecular flexibility index (Phi) is 5.83. The second kappa shape index (κ2) is 8.05. The van der Waals surface area contributed by atoms with E-state index in [1.807, 2.05) is 0 Å². The van der Waals surface area contributed by atoms with E-state index in [0.717, 1.165) is 12.1 Å². The van der Waals surface area contributed by atoms with E-state index in [1.165, 1.54) is 20.2 Å². The maximum atomic E-state index is 13.6. The number of benzene rings is 2. The van der Waals surface area contributed by atoms with E-state index in [4.69, 9.17) is 9.57 Å². The number of nitrogens with one attached hydrogen (secondary N) is 1. The lowest BCUT2D eigenvalue weighted by Crippen LogP contribution is -2.29. The molecule has 24 heavy (non-hydrogen) atoms.